The Hall–Kier alpha value is -2.58. The van der Waals surface area contributed by atoms with Crippen LogP contribution in [0, 0.1) is 6.92 Å². The number of benzene rings is 3. The minimum atomic E-state index is -0.122. The van der Waals surface area contributed by atoms with Gasteiger partial charge in [-0.3, -0.25) is 4.79 Å². The van der Waals surface area contributed by atoms with E-state index >= 15 is 0 Å². The minimum Gasteiger partial charge on any atom is -0.378 e. The number of carbonyl (C=O) groups is 1. The van der Waals surface area contributed by atoms with E-state index in [0.717, 1.165) is 28.8 Å². The Balaban J connectivity index is 1.83. The number of nitrogens with one attached hydrogen (secondary N) is 1. The second-order valence-corrected chi connectivity index (χ2v) is 7.23. The number of hydrogen-bond acceptors (Lipinski definition) is 2. The molecule has 27 heavy (non-hydrogen) atoms. The average molecular weight is 378 g/mol. The van der Waals surface area contributed by atoms with Crippen LogP contribution in [0.25, 0.3) is 0 Å². The zero-order valence-corrected chi connectivity index (χ0v) is 16.5. The topological polar surface area (TPSA) is 29.1 Å². The van der Waals surface area contributed by atoms with E-state index in [1.165, 1.54) is 5.56 Å². The van der Waals surface area contributed by atoms with Crippen molar-refractivity contribution >= 4 is 23.1 Å². The molecule has 1 N–H and O–H groups in total. The first-order valence-corrected chi connectivity index (χ1v) is 9.63. The van der Waals surface area contributed by atoms with Gasteiger partial charge in [0.25, 0.3) is 0 Å². The predicted octanol–water partition coefficient (Wildman–Crippen LogP) is 6.64. The Bertz CT molecular complexity index is 883. The summed E-state index contributed by atoms with van der Waals surface area (Å²) in [5, 5.41) is 4.20. The van der Waals surface area contributed by atoms with Gasteiger partial charge in [0, 0.05) is 22.7 Å². The standard InChI is InChI=1S/C24H24ClNO/c1-3-18-6-14-22(15-7-18)26-23(19-10-12-21(25)13-11-19)16-24(27)20-8-4-17(2)5-9-20/h4-15,23,26H,3,16H2,1-2H3/t23-/m1/s1. The third-order valence-corrected chi connectivity index (χ3v) is 4.99. The lowest BCUT2D eigenvalue weighted by Crippen LogP contribution is -2.16. The first-order valence-electron chi connectivity index (χ1n) is 9.26. The molecule has 0 unspecified atom stereocenters. The molecule has 1 atom stereocenters. The molecule has 0 amide bonds. The van der Waals surface area contributed by atoms with Gasteiger partial charge in [-0.1, -0.05) is 72.6 Å². The number of anilines is 1. The lowest BCUT2D eigenvalue weighted by Gasteiger charge is -2.20. The summed E-state index contributed by atoms with van der Waals surface area (Å²) in [6.07, 6.45) is 1.38. The summed E-state index contributed by atoms with van der Waals surface area (Å²) >= 11 is 6.04. The van der Waals surface area contributed by atoms with E-state index in [0.29, 0.717) is 11.4 Å². The van der Waals surface area contributed by atoms with E-state index < -0.39 is 0 Å². The summed E-state index contributed by atoms with van der Waals surface area (Å²) in [7, 11) is 0. The van der Waals surface area contributed by atoms with Crippen LogP contribution < -0.4 is 5.32 Å². The Kier molecular flexibility index (Phi) is 6.31. The predicted molar refractivity (Wildman–Crippen MR) is 114 cm³/mol. The molecule has 0 aliphatic heterocycles. The number of aryl methyl sites for hydroxylation is 2. The Labute approximate surface area is 166 Å². The molecule has 0 heterocycles. The van der Waals surface area contributed by atoms with Crippen molar-refractivity contribution in [3.63, 3.8) is 0 Å². The number of hydrogen-bond donors (Lipinski definition) is 1. The van der Waals surface area contributed by atoms with E-state index in [4.69, 9.17) is 11.6 Å². The van der Waals surface area contributed by atoms with Gasteiger partial charge in [0.05, 0.1) is 6.04 Å². The molecule has 138 valence electrons. The summed E-state index contributed by atoms with van der Waals surface area (Å²) in [6, 6.07) is 23.7. The quantitative estimate of drug-likeness (QED) is 0.468. The fourth-order valence-electron chi connectivity index (χ4n) is 3.03. The monoisotopic (exact) mass is 377 g/mol. The maximum atomic E-state index is 12.8. The van der Waals surface area contributed by atoms with Gasteiger partial charge >= 0.3 is 0 Å². The number of ketones is 1. The highest BCUT2D eigenvalue weighted by Gasteiger charge is 2.17. The van der Waals surface area contributed by atoms with E-state index in [1.807, 2.05) is 55.5 Å². The van der Waals surface area contributed by atoms with E-state index in [2.05, 4.69) is 36.5 Å². The van der Waals surface area contributed by atoms with Gasteiger partial charge in [-0.05, 0) is 48.7 Å². The lowest BCUT2D eigenvalue weighted by molar-refractivity contribution is 0.0976. The Morgan fingerprint density at radius 1 is 0.926 bits per heavy atom. The van der Waals surface area contributed by atoms with Crippen molar-refractivity contribution in [2.45, 2.75) is 32.7 Å². The van der Waals surface area contributed by atoms with Gasteiger partial charge in [-0.2, -0.15) is 0 Å². The molecule has 3 aromatic rings. The molecule has 3 heteroatoms. The van der Waals surface area contributed by atoms with E-state index in [1.54, 1.807) is 0 Å². The Morgan fingerprint density at radius 3 is 2.15 bits per heavy atom. The molecular weight excluding hydrogens is 354 g/mol. The fourth-order valence-corrected chi connectivity index (χ4v) is 3.15. The summed E-state index contributed by atoms with van der Waals surface area (Å²) in [4.78, 5) is 12.8. The fraction of sp³-hybridized carbons (Fsp3) is 0.208. The van der Waals surface area contributed by atoms with Crippen LogP contribution >= 0.6 is 11.6 Å². The molecule has 0 bridgehead atoms. The van der Waals surface area contributed by atoms with Crippen LogP contribution in [-0.2, 0) is 6.42 Å². The first kappa shape index (κ1) is 19.2. The van der Waals surface area contributed by atoms with Gasteiger partial charge in [0.1, 0.15) is 0 Å². The van der Waals surface area contributed by atoms with Gasteiger partial charge in [-0.15, -0.1) is 0 Å². The molecule has 0 saturated carbocycles. The van der Waals surface area contributed by atoms with Crippen LogP contribution in [0.3, 0.4) is 0 Å². The highest BCUT2D eigenvalue weighted by molar-refractivity contribution is 6.30. The molecule has 0 aliphatic carbocycles. The minimum absolute atomic E-state index is 0.118. The molecule has 0 aromatic heterocycles. The van der Waals surface area contributed by atoms with Crippen molar-refractivity contribution in [2.24, 2.45) is 0 Å². The van der Waals surface area contributed by atoms with Gasteiger partial charge < -0.3 is 5.32 Å². The van der Waals surface area contributed by atoms with Crippen molar-refractivity contribution in [3.8, 4) is 0 Å². The van der Waals surface area contributed by atoms with Gasteiger partial charge in [0.15, 0.2) is 5.78 Å². The smallest absolute Gasteiger partial charge is 0.165 e. The number of halogens is 1. The third kappa shape index (κ3) is 5.21. The van der Waals surface area contributed by atoms with Crippen molar-refractivity contribution in [1.29, 1.82) is 0 Å². The largest absolute Gasteiger partial charge is 0.378 e. The molecule has 3 rings (SSSR count). The van der Waals surface area contributed by atoms with Crippen molar-refractivity contribution < 1.29 is 4.79 Å². The molecule has 0 spiro atoms. The number of rotatable bonds is 7. The van der Waals surface area contributed by atoms with Crippen LogP contribution in [-0.4, -0.2) is 5.78 Å². The summed E-state index contributed by atoms with van der Waals surface area (Å²) < 4.78 is 0. The van der Waals surface area contributed by atoms with Crippen LogP contribution in [0.1, 0.15) is 46.4 Å². The zero-order valence-electron chi connectivity index (χ0n) is 15.7. The van der Waals surface area contributed by atoms with Crippen LogP contribution in [0.2, 0.25) is 5.02 Å². The molecule has 0 fully saturated rings. The first-order chi connectivity index (χ1) is 13.0. The molecule has 0 radical (unpaired) electrons. The average Bonchev–Trinajstić information content (AvgIpc) is 2.69. The van der Waals surface area contributed by atoms with E-state index in [-0.39, 0.29) is 11.8 Å². The van der Waals surface area contributed by atoms with Crippen molar-refractivity contribution in [2.75, 3.05) is 5.32 Å². The lowest BCUT2D eigenvalue weighted by atomic mass is 9.97. The molecule has 3 aromatic carbocycles. The molecule has 0 aliphatic rings. The maximum absolute atomic E-state index is 12.8. The summed E-state index contributed by atoms with van der Waals surface area (Å²) in [5.74, 6) is 0.118. The third-order valence-electron chi connectivity index (χ3n) is 4.74. The van der Waals surface area contributed by atoms with Gasteiger partial charge in [0.2, 0.25) is 0 Å². The van der Waals surface area contributed by atoms with Crippen LogP contribution in [0.4, 0.5) is 5.69 Å². The van der Waals surface area contributed by atoms with Crippen LogP contribution in [0.15, 0.2) is 72.8 Å². The SMILES string of the molecule is CCc1ccc(N[C@H](CC(=O)c2ccc(C)cc2)c2ccc(Cl)cc2)cc1. The van der Waals surface area contributed by atoms with Gasteiger partial charge in [-0.25, -0.2) is 0 Å². The van der Waals surface area contributed by atoms with Crippen molar-refractivity contribution in [3.05, 3.63) is 100 Å². The molecule has 2 nitrogen and oxygen atoms in total. The summed E-state index contributed by atoms with van der Waals surface area (Å²) in [5.41, 5.74) is 5.22. The molecular formula is C24H24ClNO. The highest BCUT2D eigenvalue weighted by Crippen LogP contribution is 2.26. The zero-order chi connectivity index (χ0) is 19.2. The van der Waals surface area contributed by atoms with Crippen molar-refractivity contribution in [1.82, 2.24) is 0 Å². The number of Topliss-reactive ketones (excluding diaryl/α,β-unsaturated/α-hetero) is 1. The van der Waals surface area contributed by atoms with E-state index in [9.17, 15) is 4.79 Å². The normalized spacial score (nSPS) is 11.8. The van der Waals surface area contributed by atoms with Crippen LogP contribution in [0.5, 0.6) is 0 Å². The highest BCUT2D eigenvalue weighted by atomic mass is 35.5. The second kappa shape index (κ2) is 8.88. The Morgan fingerprint density at radius 2 is 1.56 bits per heavy atom. The summed E-state index contributed by atoms with van der Waals surface area (Å²) in [6.45, 7) is 4.16. The molecule has 0 saturated heterocycles. The number of carbonyl (C=O) groups excluding carboxylic acids is 1. The maximum Gasteiger partial charge on any atom is 0.165 e. The second-order valence-electron chi connectivity index (χ2n) is 6.79.